The standard InChI is InChI=1S/C13H13N3/c1-9-3-4-14-8-12-11(10-6-15-7-10)5-13(12)16(9)2/h3-6,8,15H,1,7H2,2H3/b4-3-,14-8-. The molecule has 0 bridgehead atoms. The molecule has 3 aliphatic rings. The summed E-state index contributed by atoms with van der Waals surface area (Å²) in [6, 6.07) is 0. The van der Waals surface area contributed by atoms with E-state index in [9.17, 15) is 0 Å². The van der Waals surface area contributed by atoms with E-state index in [1.54, 1.807) is 6.20 Å². The van der Waals surface area contributed by atoms with Crippen molar-refractivity contribution in [2.45, 2.75) is 0 Å². The largest absolute Gasteiger partial charge is 0.386 e. The van der Waals surface area contributed by atoms with E-state index < -0.39 is 0 Å². The van der Waals surface area contributed by atoms with Gasteiger partial charge in [-0.2, -0.15) is 0 Å². The zero-order valence-electron chi connectivity index (χ0n) is 9.20. The van der Waals surface area contributed by atoms with E-state index in [-0.39, 0.29) is 0 Å². The molecule has 0 amide bonds. The average Bonchev–Trinajstić information content (AvgIpc) is 2.17. The van der Waals surface area contributed by atoms with Gasteiger partial charge in [-0.3, -0.25) is 4.99 Å². The lowest BCUT2D eigenvalue weighted by Crippen LogP contribution is -2.29. The molecular formula is C13H13N3. The molecule has 1 aliphatic carbocycles. The normalized spacial score (nSPS) is 26.3. The van der Waals surface area contributed by atoms with Crippen LogP contribution in [0.2, 0.25) is 0 Å². The minimum atomic E-state index is 0.955. The molecule has 80 valence electrons. The van der Waals surface area contributed by atoms with E-state index in [0.29, 0.717) is 0 Å². The maximum absolute atomic E-state index is 4.25. The number of allylic oxidation sites excluding steroid dienone is 3. The summed E-state index contributed by atoms with van der Waals surface area (Å²) in [5.41, 5.74) is 6.02. The number of hydrogen-bond donors (Lipinski definition) is 1. The van der Waals surface area contributed by atoms with Crippen LogP contribution in [-0.2, 0) is 0 Å². The zero-order valence-corrected chi connectivity index (χ0v) is 9.20. The molecule has 0 aromatic carbocycles. The summed E-state index contributed by atoms with van der Waals surface area (Å²) >= 11 is 0. The van der Waals surface area contributed by atoms with Crippen LogP contribution in [0.25, 0.3) is 0 Å². The minimum absolute atomic E-state index is 0.955. The van der Waals surface area contributed by atoms with Crippen LogP contribution < -0.4 is 5.32 Å². The van der Waals surface area contributed by atoms with Gasteiger partial charge in [-0.1, -0.05) is 6.58 Å². The Balaban J connectivity index is 1.96. The number of likely N-dealkylation sites (N-methyl/N-ethyl adjacent to an activating group) is 1. The zero-order chi connectivity index (χ0) is 11.1. The van der Waals surface area contributed by atoms with E-state index in [1.807, 2.05) is 25.5 Å². The molecule has 2 aliphatic heterocycles. The van der Waals surface area contributed by atoms with Gasteiger partial charge in [-0.15, -0.1) is 0 Å². The molecule has 0 atom stereocenters. The highest BCUT2D eigenvalue weighted by atomic mass is 15.1. The third kappa shape index (κ3) is 1.18. The van der Waals surface area contributed by atoms with Gasteiger partial charge >= 0.3 is 0 Å². The Morgan fingerprint density at radius 3 is 3.00 bits per heavy atom. The minimum Gasteiger partial charge on any atom is -0.386 e. The van der Waals surface area contributed by atoms with Crippen molar-refractivity contribution in [2.75, 3.05) is 13.6 Å². The molecule has 0 unspecified atom stereocenters. The smallest absolute Gasteiger partial charge is 0.0509 e. The Morgan fingerprint density at radius 2 is 2.31 bits per heavy atom. The average molecular weight is 211 g/mol. The molecule has 16 heavy (non-hydrogen) atoms. The highest BCUT2D eigenvalue weighted by molar-refractivity contribution is 5.93. The molecule has 1 N–H and O–H groups in total. The molecule has 3 rings (SSSR count). The van der Waals surface area contributed by atoms with Crippen molar-refractivity contribution in [1.82, 2.24) is 10.2 Å². The molecule has 0 aromatic rings. The molecule has 0 saturated carbocycles. The summed E-state index contributed by atoms with van der Waals surface area (Å²) < 4.78 is 0. The van der Waals surface area contributed by atoms with Crippen LogP contribution in [-0.4, -0.2) is 24.7 Å². The summed E-state index contributed by atoms with van der Waals surface area (Å²) in [6.07, 6.45) is 9.86. The fourth-order valence-electron chi connectivity index (χ4n) is 1.92. The monoisotopic (exact) mass is 211 g/mol. The fraction of sp³-hybridized carbons (Fsp3) is 0.154. The molecule has 3 nitrogen and oxygen atoms in total. The number of nitrogens with zero attached hydrogens (tertiary/aromatic N) is 2. The second-order valence-electron chi connectivity index (χ2n) is 4.05. The lowest BCUT2D eigenvalue weighted by Gasteiger charge is -2.33. The van der Waals surface area contributed by atoms with Crippen LogP contribution in [0.3, 0.4) is 0 Å². The fourth-order valence-corrected chi connectivity index (χ4v) is 1.92. The second kappa shape index (κ2) is 3.23. The van der Waals surface area contributed by atoms with E-state index in [4.69, 9.17) is 0 Å². The quantitative estimate of drug-likeness (QED) is 0.715. The maximum Gasteiger partial charge on any atom is 0.0509 e. The summed E-state index contributed by atoms with van der Waals surface area (Å²) in [5, 5.41) is 3.14. The van der Waals surface area contributed by atoms with Crippen LogP contribution >= 0.6 is 0 Å². The lowest BCUT2D eigenvalue weighted by molar-refractivity contribution is 0.545. The number of hydrogen-bond acceptors (Lipinski definition) is 3. The molecule has 0 spiro atoms. The van der Waals surface area contributed by atoms with E-state index in [1.165, 1.54) is 22.4 Å². The van der Waals surface area contributed by atoms with E-state index in [0.717, 1.165) is 12.2 Å². The van der Waals surface area contributed by atoms with Crippen molar-refractivity contribution in [2.24, 2.45) is 4.99 Å². The van der Waals surface area contributed by atoms with E-state index in [2.05, 4.69) is 27.9 Å². The summed E-state index contributed by atoms with van der Waals surface area (Å²) in [6.45, 7) is 4.95. The van der Waals surface area contributed by atoms with Crippen molar-refractivity contribution in [3.05, 3.63) is 59.2 Å². The van der Waals surface area contributed by atoms with Crippen LogP contribution in [0.5, 0.6) is 0 Å². The molecular weight excluding hydrogens is 198 g/mol. The van der Waals surface area contributed by atoms with Crippen LogP contribution in [0.15, 0.2) is 64.2 Å². The van der Waals surface area contributed by atoms with Crippen LogP contribution in [0.1, 0.15) is 0 Å². The maximum atomic E-state index is 4.25. The highest BCUT2D eigenvalue weighted by Gasteiger charge is 2.26. The van der Waals surface area contributed by atoms with Crippen molar-refractivity contribution in [1.29, 1.82) is 0 Å². The number of aliphatic imine (C=N–C) groups is 1. The van der Waals surface area contributed by atoms with Gasteiger partial charge in [0.1, 0.15) is 0 Å². The molecule has 0 aromatic heterocycles. The first-order valence-electron chi connectivity index (χ1n) is 5.29. The first kappa shape index (κ1) is 9.21. The number of nitrogens with one attached hydrogen (secondary N) is 1. The van der Waals surface area contributed by atoms with Gasteiger partial charge in [0, 0.05) is 43.5 Å². The van der Waals surface area contributed by atoms with E-state index >= 15 is 0 Å². The van der Waals surface area contributed by atoms with Gasteiger partial charge in [0.05, 0.1) is 5.70 Å². The Morgan fingerprint density at radius 1 is 1.50 bits per heavy atom. The summed E-state index contributed by atoms with van der Waals surface area (Å²) in [5.74, 6) is 0. The van der Waals surface area contributed by atoms with Crippen molar-refractivity contribution in [3.8, 4) is 0 Å². The topological polar surface area (TPSA) is 27.6 Å². The first-order valence-corrected chi connectivity index (χ1v) is 5.29. The third-order valence-electron chi connectivity index (χ3n) is 3.11. The lowest BCUT2D eigenvalue weighted by atomic mass is 9.85. The van der Waals surface area contributed by atoms with Gasteiger partial charge < -0.3 is 10.2 Å². The van der Waals surface area contributed by atoms with Crippen molar-refractivity contribution >= 4 is 6.21 Å². The van der Waals surface area contributed by atoms with Gasteiger partial charge in [0.2, 0.25) is 0 Å². The summed E-state index contributed by atoms with van der Waals surface area (Å²) in [7, 11) is 2.03. The molecule has 0 fully saturated rings. The predicted octanol–water partition coefficient (Wildman–Crippen LogP) is 1.71. The molecule has 0 saturated heterocycles. The molecule has 2 heterocycles. The van der Waals surface area contributed by atoms with Crippen molar-refractivity contribution < 1.29 is 0 Å². The van der Waals surface area contributed by atoms with Gasteiger partial charge in [-0.25, -0.2) is 0 Å². The predicted molar refractivity (Wildman–Crippen MR) is 65.7 cm³/mol. The Kier molecular flexibility index (Phi) is 1.86. The first-order chi connectivity index (χ1) is 7.77. The Bertz CT molecular complexity index is 515. The number of rotatable bonds is 1. The SMILES string of the molecule is C=C1/C=C\N=C/C2=C(C=C2C2=CNC2)N1C. The second-order valence-corrected chi connectivity index (χ2v) is 4.05. The Hall–Kier alpha value is -2.03. The van der Waals surface area contributed by atoms with Gasteiger partial charge in [-0.05, 0) is 23.3 Å². The van der Waals surface area contributed by atoms with Gasteiger partial charge in [0.15, 0.2) is 0 Å². The van der Waals surface area contributed by atoms with Crippen LogP contribution in [0.4, 0.5) is 0 Å². The third-order valence-corrected chi connectivity index (χ3v) is 3.11. The van der Waals surface area contributed by atoms with Gasteiger partial charge in [0.25, 0.3) is 0 Å². The highest BCUT2D eigenvalue weighted by Crippen LogP contribution is 2.36. The van der Waals surface area contributed by atoms with Crippen LogP contribution in [0, 0.1) is 0 Å². The molecule has 0 radical (unpaired) electrons. The Labute approximate surface area is 94.9 Å². The van der Waals surface area contributed by atoms with Crippen molar-refractivity contribution in [3.63, 3.8) is 0 Å². The molecule has 3 heteroatoms. The summed E-state index contributed by atoms with van der Waals surface area (Å²) in [4.78, 5) is 6.34.